The van der Waals surface area contributed by atoms with Crippen LogP contribution in [0.3, 0.4) is 0 Å². The second kappa shape index (κ2) is 13.3. The molecule has 0 spiro atoms. The van der Waals surface area contributed by atoms with Crippen LogP contribution in [0.25, 0.3) is 11.1 Å². The van der Waals surface area contributed by atoms with Crippen LogP contribution in [0.4, 0.5) is 5.69 Å². The molecule has 1 amide bonds. The van der Waals surface area contributed by atoms with Crippen LogP contribution in [0.15, 0.2) is 31.7 Å². The van der Waals surface area contributed by atoms with E-state index >= 15 is 0 Å². The number of thioether (sulfide) groups is 3. The van der Waals surface area contributed by atoms with Gasteiger partial charge >= 0.3 is 0 Å². The van der Waals surface area contributed by atoms with Gasteiger partial charge in [-0.3, -0.25) is 4.79 Å². The van der Waals surface area contributed by atoms with E-state index < -0.39 is 0 Å². The number of oxazole rings is 1. The number of rotatable bonds is 12. The maximum absolute atomic E-state index is 12.7. The molecule has 0 aliphatic carbocycles. The number of anilines is 1. The van der Waals surface area contributed by atoms with Gasteiger partial charge < -0.3 is 9.73 Å². The molecule has 0 bridgehead atoms. The van der Waals surface area contributed by atoms with Crippen molar-refractivity contribution in [1.29, 1.82) is 0 Å². The maximum atomic E-state index is 12.7. The first-order valence-electron chi connectivity index (χ1n) is 12.0. The molecule has 0 saturated heterocycles. The van der Waals surface area contributed by atoms with Crippen LogP contribution in [0, 0.1) is 13.8 Å². The highest BCUT2D eigenvalue weighted by atomic mass is 35.5. The number of amides is 1. The number of halogens is 1. The highest BCUT2D eigenvalue weighted by Gasteiger charge is 2.18. The van der Waals surface area contributed by atoms with Crippen LogP contribution in [-0.4, -0.2) is 33.1 Å². The Balaban J connectivity index is 1.56. The van der Waals surface area contributed by atoms with Gasteiger partial charge in [0, 0.05) is 33.3 Å². The number of unbranched alkanes of at least 4 members (excludes halogenated alkanes) is 1. The smallest absolute Gasteiger partial charge is 0.256 e. The quantitative estimate of drug-likeness (QED) is 0.178. The molecule has 3 rings (SSSR count). The molecule has 0 aliphatic heterocycles. The summed E-state index contributed by atoms with van der Waals surface area (Å²) in [7, 11) is 0. The summed E-state index contributed by atoms with van der Waals surface area (Å²) in [6, 6.07) is 4.04. The minimum atomic E-state index is 0.0327. The van der Waals surface area contributed by atoms with Crippen molar-refractivity contribution in [3.63, 3.8) is 0 Å². The molecular weight excluding hydrogens is 518 g/mol. The van der Waals surface area contributed by atoms with E-state index in [-0.39, 0.29) is 5.91 Å². The normalized spacial score (nSPS) is 11.5. The lowest BCUT2D eigenvalue weighted by Crippen LogP contribution is -2.13. The van der Waals surface area contributed by atoms with Gasteiger partial charge in [-0.05, 0) is 61.8 Å². The summed E-state index contributed by atoms with van der Waals surface area (Å²) >= 11 is 11.4. The van der Waals surface area contributed by atoms with Crippen molar-refractivity contribution >= 4 is 69.6 Å². The predicted octanol–water partition coefficient (Wildman–Crippen LogP) is 8.74. The number of benzene rings is 1. The van der Waals surface area contributed by atoms with Crippen LogP contribution >= 0.6 is 46.9 Å². The summed E-state index contributed by atoms with van der Waals surface area (Å²) in [6.07, 6.45) is 2.17. The van der Waals surface area contributed by atoms with Gasteiger partial charge in [0.05, 0.1) is 5.69 Å². The Hall–Kier alpha value is -1.35. The second-order valence-electron chi connectivity index (χ2n) is 8.55. The third-order valence-corrected chi connectivity index (χ3v) is 8.52. The highest BCUT2D eigenvalue weighted by molar-refractivity contribution is 8.00. The van der Waals surface area contributed by atoms with Gasteiger partial charge in [-0.15, -0.1) is 23.5 Å². The van der Waals surface area contributed by atoms with E-state index in [4.69, 9.17) is 16.0 Å². The number of carbonyl (C=O) groups excluding carboxylic acids is 1. The average Bonchev–Trinajstić information content (AvgIpc) is 3.22. The minimum Gasteiger partial charge on any atom is -0.431 e. The van der Waals surface area contributed by atoms with E-state index in [1.54, 1.807) is 35.3 Å². The van der Waals surface area contributed by atoms with Gasteiger partial charge in [0.1, 0.15) is 10.5 Å². The van der Waals surface area contributed by atoms with Crippen LogP contribution < -0.4 is 5.32 Å². The lowest BCUT2D eigenvalue weighted by molar-refractivity contribution is -0.116. The summed E-state index contributed by atoms with van der Waals surface area (Å²) in [4.78, 5) is 23.2. The number of nitrogens with one attached hydrogen (secondary N) is 1. The molecule has 0 atom stereocenters. The van der Waals surface area contributed by atoms with E-state index in [0.717, 1.165) is 78.7 Å². The summed E-state index contributed by atoms with van der Waals surface area (Å²) in [5, 5.41) is 5.42. The summed E-state index contributed by atoms with van der Waals surface area (Å²) in [5.74, 6) is 3.03. The van der Waals surface area contributed by atoms with Crippen molar-refractivity contribution in [1.82, 2.24) is 9.97 Å². The fraction of sp³-hybridized carbons (Fsp3) is 0.500. The van der Waals surface area contributed by atoms with Gasteiger partial charge in [-0.1, -0.05) is 51.1 Å². The number of nitrogens with zero attached hydrogens (tertiary/aromatic N) is 2. The van der Waals surface area contributed by atoms with Crippen molar-refractivity contribution in [2.75, 3.05) is 22.6 Å². The monoisotopic (exact) mass is 551 g/mol. The van der Waals surface area contributed by atoms with E-state index in [2.05, 4.69) is 49.0 Å². The molecule has 0 aliphatic rings. The summed E-state index contributed by atoms with van der Waals surface area (Å²) in [6.45, 7) is 12.4. The van der Waals surface area contributed by atoms with E-state index in [1.807, 2.05) is 19.9 Å². The zero-order valence-electron chi connectivity index (χ0n) is 21.3. The third kappa shape index (κ3) is 7.34. The molecule has 1 N–H and O–H groups in total. The van der Waals surface area contributed by atoms with Gasteiger partial charge in [-0.25, -0.2) is 9.97 Å². The van der Waals surface area contributed by atoms with Crippen LogP contribution in [0.2, 0.25) is 5.02 Å². The molecule has 2 aromatic heterocycles. The number of carbonyl (C=O) groups is 1. The molecule has 9 heteroatoms. The molecule has 0 radical (unpaired) electrons. The van der Waals surface area contributed by atoms with Crippen LogP contribution in [-0.2, 0) is 4.79 Å². The molecule has 0 fully saturated rings. The van der Waals surface area contributed by atoms with Crippen LogP contribution in [0.1, 0.15) is 69.7 Å². The van der Waals surface area contributed by atoms with Crippen molar-refractivity contribution in [2.24, 2.45) is 0 Å². The van der Waals surface area contributed by atoms with E-state index in [1.165, 1.54) is 0 Å². The van der Waals surface area contributed by atoms with Crippen LogP contribution in [0.5, 0.6) is 0 Å². The number of aromatic nitrogens is 2. The van der Waals surface area contributed by atoms with Crippen molar-refractivity contribution < 1.29 is 9.21 Å². The second-order valence-corrected chi connectivity index (χ2v) is 12.6. The summed E-state index contributed by atoms with van der Waals surface area (Å²) in [5.41, 5.74) is 5.54. The molecule has 190 valence electrons. The third-order valence-electron chi connectivity index (χ3n) is 5.43. The van der Waals surface area contributed by atoms with Crippen molar-refractivity contribution in [2.45, 2.75) is 81.9 Å². The Morgan fingerprint density at radius 2 is 1.83 bits per heavy atom. The first-order valence-corrected chi connectivity index (χ1v) is 15.4. The average molecular weight is 552 g/mol. The molecule has 3 aromatic rings. The molecular formula is C26H34ClN3O2S3. The topological polar surface area (TPSA) is 68.0 Å². The lowest BCUT2D eigenvalue weighted by Gasteiger charge is -2.15. The number of hydrogen-bond donors (Lipinski definition) is 1. The van der Waals surface area contributed by atoms with Gasteiger partial charge in [0.2, 0.25) is 5.91 Å². The standard InChI is InChI=1S/C26H34ClN3O2S3/c1-7-33-20-13-16(5)28-25(34-8-2)23(20)29-21(31)11-9-10-12-35-26-30-22-17(6)19(27)14-18(15(3)4)24(22)32-26/h13-15H,7-12H2,1-6H3,(H,29,31). The molecule has 0 unspecified atom stereocenters. The lowest BCUT2D eigenvalue weighted by atomic mass is 10.0. The summed E-state index contributed by atoms with van der Waals surface area (Å²) < 4.78 is 6.09. The minimum absolute atomic E-state index is 0.0327. The zero-order valence-corrected chi connectivity index (χ0v) is 24.5. The van der Waals surface area contributed by atoms with E-state index in [0.29, 0.717) is 17.6 Å². The Morgan fingerprint density at radius 3 is 2.51 bits per heavy atom. The first kappa shape index (κ1) is 28.2. The molecule has 5 nitrogen and oxygen atoms in total. The number of fused-ring (bicyclic) bond motifs is 1. The zero-order chi connectivity index (χ0) is 25.5. The molecule has 1 aromatic carbocycles. The van der Waals surface area contributed by atoms with Crippen molar-refractivity contribution in [3.05, 3.63) is 34.0 Å². The Morgan fingerprint density at radius 1 is 1.09 bits per heavy atom. The fourth-order valence-corrected chi connectivity index (χ4v) is 6.39. The van der Waals surface area contributed by atoms with E-state index in [9.17, 15) is 4.79 Å². The number of pyridine rings is 1. The van der Waals surface area contributed by atoms with Gasteiger partial charge in [0.25, 0.3) is 5.22 Å². The molecule has 35 heavy (non-hydrogen) atoms. The van der Waals surface area contributed by atoms with Crippen molar-refractivity contribution in [3.8, 4) is 0 Å². The molecule has 0 saturated carbocycles. The fourth-order valence-electron chi connectivity index (χ4n) is 3.65. The number of hydrogen-bond acceptors (Lipinski definition) is 7. The maximum Gasteiger partial charge on any atom is 0.256 e. The Bertz CT molecular complexity index is 1150. The number of aryl methyl sites for hydroxylation is 2. The SMILES string of the molecule is CCSc1cc(C)nc(SCC)c1NC(=O)CCCCSc1nc2c(C)c(Cl)cc(C(C)C)c2o1. The van der Waals surface area contributed by atoms with Gasteiger partial charge in [-0.2, -0.15) is 0 Å². The molecule has 2 heterocycles. The predicted molar refractivity (Wildman–Crippen MR) is 153 cm³/mol. The Kier molecular flexibility index (Phi) is 10.7. The Labute approximate surface area is 226 Å². The largest absolute Gasteiger partial charge is 0.431 e. The first-order chi connectivity index (χ1) is 16.7. The van der Waals surface area contributed by atoms with Gasteiger partial charge in [0.15, 0.2) is 5.58 Å². The highest BCUT2D eigenvalue weighted by Crippen LogP contribution is 2.37.